The van der Waals surface area contributed by atoms with E-state index in [1.54, 1.807) is 0 Å². The molecule has 2 aliphatic rings. The number of nitrogens with zero attached hydrogens (tertiary/aromatic N) is 1. The minimum Gasteiger partial charge on any atom is -0.361 e. The summed E-state index contributed by atoms with van der Waals surface area (Å²) in [5.74, 6) is 0.502. The molecule has 1 aliphatic carbocycles. The number of hydrogen-bond donors (Lipinski definition) is 2. The van der Waals surface area contributed by atoms with E-state index < -0.39 is 5.41 Å². The predicted molar refractivity (Wildman–Crippen MR) is 102 cm³/mol. The van der Waals surface area contributed by atoms with Gasteiger partial charge in [-0.15, -0.1) is 0 Å². The van der Waals surface area contributed by atoms with Crippen molar-refractivity contribution in [2.75, 3.05) is 19.6 Å². The summed E-state index contributed by atoms with van der Waals surface area (Å²) in [6, 6.07) is 8.17. The molecule has 2 N–H and O–H groups in total. The van der Waals surface area contributed by atoms with Crippen molar-refractivity contribution in [3.8, 4) is 0 Å². The van der Waals surface area contributed by atoms with Gasteiger partial charge < -0.3 is 15.2 Å². The number of nitrogens with one attached hydrogen (secondary N) is 2. The Morgan fingerprint density at radius 3 is 2.88 bits per heavy atom. The first-order valence-electron chi connectivity index (χ1n) is 9.73. The van der Waals surface area contributed by atoms with E-state index in [-0.39, 0.29) is 11.8 Å². The van der Waals surface area contributed by atoms with Crippen molar-refractivity contribution >= 4 is 22.7 Å². The van der Waals surface area contributed by atoms with E-state index in [1.807, 2.05) is 23.2 Å². The topological polar surface area (TPSA) is 65.2 Å². The normalized spacial score (nSPS) is 21.6. The molecule has 0 spiro atoms. The van der Waals surface area contributed by atoms with Gasteiger partial charge in [-0.05, 0) is 49.7 Å². The molecule has 0 bridgehead atoms. The molecule has 1 aromatic heterocycles. The Kier molecular flexibility index (Phi) is 4.47. The van der Waals surface area contributed by atoms with E-state index in [1.165, 1.54) is 17.4 Å². The minimum atomic E-state index is -0.780. The average Bonchev–Trinajstić information content (AvgIpc) is 3.37. The van der Waals surface area contributed by atoms with Crippen LogP contribution in [0.15, 0.2) is 30.5 Å². The maximum absolute atomic E-state index is 12.9. The first-order valence-corrected chi connectivity index (χ1v) is 9.73. The molecule has 1 saturated carbocycles. The van der Waals surface area contributed by atoms with E-state index in [9.17, 15) is 9.59 Å². The third-order valence-electron chi connectivity index (χ3n) is 5.89. The van der Waals surface area contributed by atoms with Crippen LogP contribution in [0.2, 0.25) is 0 Å². The lowest BCUT2D eigenvalue weighted by atomic mass is 9.96. The smallest absolute Gasteiger partial charge is 0.238 e. The van der Waals surface area contributed by atoms with Crippen LogP contribution in [-0.2, 0) is 16.0 Å². The summed E-state index contributed by atoms with van der Waals surface area (Å²) in [5, 5.41) is 4.21. The summed E-state index contributed by atoms with van der Waals surface area (Å²) in [7, 11) is 0. The van der Waals surface area contributed by atoms with Crippen LogP contribution >= 0.6 is 0 Å². The van der Waals surface area contributed by atoms with Crippen molar-refractivity contribution in [2.45, 2.75) is 39.0 Å². The number of likely N-dealkylation sites (tertiary alicyclic amines) is 1. The van der Waals surface area contributed by atoms with Gasteiger partial charge in [-0.2, -0.15) is 0 Å². The van der Waals surface area contributed by atoms with Crippen molar-refractivity contribution in [1.82, 2.24) is 15.2 Å². The first-order chi connectivity index (χ1) is 12.6. The van der Waals surface area contributed by atoms with Crippen LogP contribution in [0.5, 0.6) is 0 Å². The maximum atomic E-state index is 12.9. The van der Waals surface area contributed by atoms with Crippen LogP contribution in [0.25, 0.3) is 10.9 Å². The molecule has 1 saturated heterocycles. The van der Waals surface area contributed by atoms with Crippen LogP contribution < -0.4 is 5.32 Å². The van der Waals surface area contributed by atoms with Crippen molar-refractivity contribution in [3.63, 3.8) is 0 Å². The number of fused-ring (bicyclic) bond motifs is 1. The molecule has 1 aromatic carbocycles. The highest BCUT2D eigenvalue weighted by Crippen LogP contribution is 2.48. The highest BCUT2D eigenvalue weighted by Gasteiger charge is 2.58. The van der Waals surface area contributed by atoms with Gasteiger partial charge in [-0.25, -0.2) is 0 Å². The molecule has 2 aromatic rings. The van der Waals surface area contributed by atoms with Crippen molar-refractivity contribution < 1.29 is 9.59 Å². The average molecular weight is 353 g/mol. The molecule has 0 radical (unpaired) electrons. The van der Waals surface area contributed by atoms with Crippen LogP contribution in [0.1, 0.15) is 38.2 Å². The number of benzene rings is 1. The largest absolute Gasteiger partial charge is 0.361 e. The van der Waals surface area contributed by atoms with E-state index in [0.717, 1.165) is 31.4 Å². The monoisotopic (exact) mass is 353 g/mol. The zero-order valence-corrected chi connectivity index (χ0v) is 15.4. The summed E-state index contributed by atoms with van der Waals surface area (Å²) in [6.07, 6.45) is 6.37. The Morgan fingerprint density at radius 1 is 1.31 bits per heavy atom. The number of hydrogen-bond acceptors (Lipinski definition) is 2. The summed E-state index contributed by atoms with van der Waals surface area (Å²) >= 11 is 0. The van der Waals surface area contributed by atoms with Gasteiger partial charge in [0.2, 0.25) is 11.8 Å². The molecule has 4 rings (SSSR count). The van der Waals surface area contributed by atoms with Gasteiger partial charge in [-0.3, -0.25) is 9.59 Å². The zero-order chi connectivity index (χ0) is 18.1. The SMILES string of the molecule is CC1CCCN(C(=O)C2(C(=O)NCCc3c[nH]c4ccccc34)CC2)C1. The molecule has 2 fully saturated rings. The van der Waals surface area contributed by atoms with E-state index >= 15 is 0 Å². The second-order valence-corrected chi connectivity index (χ2v) is 7.95. The maximum Gasteiger partial charge on any atom is 0.238 e. The van der Waals surface area contributed by atoms with Gasteiger partial charge >= 0.3 is 0 Å². The first kappa shape index (κ1) is 17.1. The molecule has 5 nitrogen and oxygen atoms in total. The molecule has 1 unspecified atom stereocenters. The van der Waals surface area contributed by atoms with Gasteiger partial charge in [0.15, 0.2) is 0 Å². The Bertz CT molecular complexity index is 822. The Morgan fingerprint density at radius 2 is 2.12 bits per heavy atom. The number of carbonyl (C=O) groups is 2. The molecule has 1 aliphatic heterocycles. The van der Waals surface area contributed by atoms with Crippen molar-refractivity contribution in [3.05, 3.63) is 36.0 Å². The van der Waals surface area contributed by atoms with Crippen molar-refractivity contribution in [1.29, 1.82) is 0 Å². The summed E-state index contributed by atoms with van der Waals surface area (Å²) < 4.78 is 0. The second kappa shape index (κ2) is 6.78. The Balaban J connectivity index is 1.35. The van der Waals surface area contributed by atoms with Gasteiger partial charge in [-0.1, -0.05) is 25.1 Å². The van der Waals surface area contributed by atoms with E-state index in [2.05, 4.69) is 29.4 Å². The molecule has 26 heavy (non-hydrogen) atoms. The Labute approximate surface area is 154 Å². The molecule has 138 valence electrons. The number of amides is 2. The third kappa shape index (κ3) is 3.11. The fourth-order valence-electron chi connectivity index (χ4n) is 4.16. The number of piperidine rings is 1. The summed E-state index contributed by atoms with van der Waals surface area (Å²) in [6.45, 7) is 4.34. The fraction of sp³-hybridized carbons (Fsp3) is 0.524. The Hall–Kier alpha value is -2.30. The zero-order valence-electron chi connectivity index (χ0n) is 15.4. The van der Waals surface area contributed by atoms with Crippen molar-refractivity contribution in [2.24, 2.45) is 11.3 Å². The number of para-hydroxylation sites is 1. The second-order valence-electron chi connectivity index (χ2n) is 7.95. The number of H-pyrrole nitrogens is 1. The molecule has 1 atom stereocenters. The standard InChI is InChI=1S/C21H27N3O2/c1-15-5-4-12-24(14-15)20(26)21(9-10-21)19(25)22-11-8-16-13-23-18-7-3-2-6-17(16)18/h2-3,6-7,13,15,23H,4-5,8-12,14H2,1H3,(H,22,25). The van der Waals surface area contributed by atoms with E-state index in [4.69, 9.17) is 0 Å². The predicted octanol–water partition coefficient (Wildman–Crippen LogP) is 2.87. The molecule has 2 heterocycles. The van der Waals surface area contributed by atoms with Gasteiger partial charge in [0.25, 0.3) is 0 Å². The summed E-state index contributed by atoms with van der Waals surface area (Å²) in [5.41, 5.74) is 1.53. The van der Waals surface area contributed by atoms with Crippen LogP contribution in [0.3, 0.4) is 0 Å². The quantitative estimate of drug-likeness (QED) is 0.812. The lowest BCUT2D eigenvalue weighted by Crippen LogP contribution is -2.48. The lowest BCUT2D eigenvalue weighted by Gasteiger charge is -2.33. The fourth-order valence-corrected chi connectivity index (χ4v) is 4.16. The lowest BCUT2D eigenvalue weighted by molar-refractivity contribution is -0.145. The van der Waals surface area contributed by atoms with Gasteiger partial charge in [0.05, 0.1) is 0 Å². The van der Waals surface area contributed by atoms with E-state index in [0.29, 0.717) is 25.3 Å². The van der Waals surface area contributed by atoms with Gasteiger partial charge in [0.1, 0.15) is 5.41 Å². The van der Waals surface area contributed by atoms with Crippen LogP contribution in [0.4, 0.5) is 0 Å². The number of carbonyl (C=O) groups excluding carboxylic acids is 2. The molecule has 2 amide bonds. The molecular weight excluding hydrogens is 326 g/mol. The number of aromatic nitrogens is 1. The van der Waals surface area contributed by atoms with Crippen LogP contribution in [-0.4, -0.2) is 41.3 Å². The highest BCUT2D eigenvalue weighted by atomic mass is 16.2. The summed E-state index contributed by atoms with van der Waals surface area (Å²) in [4.78, 5) is 30.8. The van der Waals surface area contributed by atoms with Gasteiger partial charge in [0, 0.05) is 36.7 Å². The molecule has 5 heteroatoms. The molecular formula is C21H27N3O2. The number of rotatable bonds is 5. The van der Waals surface area contributed by atoms with Crippen LogP contribution in [0, 0.1) is 11.3 Å². The third-order valence-corrected chi connectivity index (χ3v) is 5.89. The number of aromatic amines is 1. The highest BCUT2D eigenvalue weighted by molar-refractivity contribution is 6.07. The minimum absolute atomic E-state index is 0.0497.